The van der Waals surface area contributed by atoms with Crippen LogP contribution in [0.1, 0.15) is 25.0 Å². The first kappa shape index (κ1) is 14.0. The second-order valence-corrected chi connectivity index (χ2v) is 4.12. The van der Waals surface area contributed by atoms with E-state index in [4.69, 9.17) is 5.73 Å². The lowest BCUT2D eigenvalue weighted by Gasteiger charge is -2.06. The highest BCUT2D eigenvalue weighted by atomic mass is 14.6. The Kier molecular flexibility index (Phi) is 5.19. The smallest absolute Gasteiger partial charge is 0.0387 e. The molecule has 0 aromatic heterocycles. The van der Waals surface area contributed by atoms with Gasteiger partial charge in [-0.2, -0.15) is 0 Å². The molecule has 1 rings (SSSR count). The molecule has 0 unspecified atom stereocenters. The average molecular weight is 239 g/mol. The molecule has 1 nitrogen and oxygen atoms in total. The summed E-state index contributed by atoms with van der Waals surface area (Å²) in [5.74, 6) is 0. The third-order valence-electron chi connectivity index (χ3n) is 2.93. The summed E-state index contributed by atoms with van der Waals surface area (Å²) in [6, 6.07) is 8.53. The van der Waals surface area contributed by atoms with Crippen LogP contribution in [-0.2, 0) is 6.42 Å². The van der Waals surface area contributed by atoms with Gasteiger partial charge in [-0.15, -0.1) is 0 Å². The number of aryl methyl sites for hydroxylation is 1. The molecule has 1 aromatic rings. The fourth-order valence-corrected chi connectivity index (χ4v) is 1.64. The van der Waals surface area contributed by atoms with Gasteiger partial charge in [0.25, 0.3) is 0 Å². The third-order valence-corrected chi connectivity index (χ3v) is 2.93. The average Bonchev–Trinajstić information content (AvgIpc) is 2.43. The minimum absolute atomic E-state index is 0.651. The zero-order valence-electron chi connectivity index (χ0n) is 11.2. The summed E-state index contributed by atoms with van der Waals surface area (Å²) in [4.78, 5) is 0. The third kappa shape index (κ3) is 3.49. The van der Waals surface area contributed by atoms with Crippen LogP contribution in [0.5, 0.6) is 0 Å². The lowest BCUT2D eigenvalue weighted by molar-refractivity contribution is 1.14. The summed E-state index contributed by atoms with van der Waals surface area (Å²) in [6.07, 6.45) is 6.70. The summed E-state index contributed by atoms with van der Waals surface area (Å²) >= 11 is 0. The molecule has 0 saturated heterocycles. The highest BCUT2D eigenvalue weighted by molar-refractivity contribution is 5.75. The van der Waals surface area contributed by atoms with Crippen molar-refractivity contribution in [2.24, 2.45) is 5.73 Å². The normalized spacial score (nSPS) is 12.3. The first-order chi connectivity index (χ1) is 8.62. The van der Waals surface area contributed by atoms with Crippen molar-refractivity contribution in [3.63, 3.8) is 0 Å². The Morgan fingerprint density at radius 1 is 1.28 bits per heavy atom. The molecule has 0 radical (unpaired) electrons. The predicted octanol–water partition coefficient (Wildman–Crippen LogP) is 4.24. The van der Waals surface area contributed by atoms with Gasteiger partial charge in [0, 0.05) is 5.70 Å². The highest BCUT2D eigenvalue weighted by Gasteiger charge is 2.00. The quantitative estimate of drug-likeness (QED) is 0.764. The maximum atomic E-state index is 5.95. The summed E-state index contributed by atoms with van der Waals surface area (Å²) < 4.78 is 0. The van der Waals surface area contributed by atoms with Crippen molar-refractivity contribution in [2.75, 3.05) is 0 Å². The molecule has 0 fully saturated rings. The van der Waals surface area contributed by atoms with Crippen LogP contribution in [0.15, 0.2) is 66.9 Å². The summed E-state index contributed by atoms with van der Waals surface area (Å²) in [5, 5.41) is 0. The van der Waals surface area contributed by atoms with Crippen molar-refractivity contribution >= 4 is 5.57 Å². The van der Waals surface area contributed by atoms with Crippen LogP contribution in [0, 0.1) is 0 Å². The Morgan fingerprint density at radius 3 is 2.33 bits per heavy atom. The van der Waals surface area contributed by atoms with Crippen LogP contribution in [0.3, 0.4) is 0 Å². The van der Waals surface area contributed by atoms with Gasteiger partial charge in [0.1, 0.15) is 0 Å². The molecule has 0 heterocycles. The molecule has 0 bridgehead atoms. The Labute approximate surface area is 110 Å². The van der Waals surface area contributed by atoms with E-state index in [0.717, 1.165) is 23.1 Å². The first-order valence-electron chi connectivity index (χ1n) is 6.16. The topological polar surface area (TPSA) is 26.0 Å². The fourth-order valence-electron chi connectivity index (χ4n) is 1.64. The van der Waals surface area contributed by atoms with Crippen LogP contribution >= 0.6 is 0 Å². The molecule has 2 N–H and O–H groups in total. The fraction of sp³-hybridized carbons (Fsp3) is 0.176. The Hall–Kier alpha value is -2.02. The maximum absolute atomic E-state index is 5.95. The monoisotopic (exact) mass is 239 g/mol. The van der Waals surface area contributed by atoms with Crippen LogP contribution in [0.4, 0.5) is 0 Å². The number of allylic oxidation sites excluding steroid dienone is 4. The van der Waals surface area contributed by atoms with Gasteiger partial charge in [-0.3, -0.25) is 0 Å². The standard InChI is InChI=1S/C17H21N/c1-5-13(4)17(18)12-15(7-3)16-10-8-14(6-2)9-11-16/h5,7-12H,1,4,6,18H2,2-3H3/b15-7+,17-12+. The van der Waals surface area contributed by atoms with Crippen molar-refractivity contribution in [2.45, 2.75) is 20.3 Å². The summed E-state index contributed by atoms with van der Waals surface area (Å²) in [5.41, 5.74) is 10.9. The van der Waals surface area contributed by atoms with Crippen LogP contribution in [-0.4, -0.2) is 0 Å². The molecule has 0 aliphatic carbocycles. The zero-order chi connectivity index (χ0) is 13.5. The summed E-state index contributed by atoms with van der Waals surface area (Å²) in [7, 11) is 0. The lowest BCUT2D eigenvalue weighted by atomic mass is 10.0. The van der Waals surface area contributed by atoms with Crippen LogP contribution in [0.25, 0.3) is 5.57 Å². The van der Waals surface area contributed by atoms with Gasteiger partial charge >= 0.3 is 0 Å². The van der Waals surface area contributed by atoms with E-state index in [1.54, 1.807) is 6.08 Å². The molecular weight excluding hydrogens is 218 g/mol. The Bertz CT molecular complexity index is 487. The molecule has 1 heteroatoms. The van der Waals surface area contributed by atoms with Crippen LogP contribution in [0.2, 0.25) is 0 Å². The van der Waals surface area contributed by atoms with Crippen molar-refractivity contribution in [1.82, 2.24) is 0 Å². The van der Waals surface area contributed by atoms with Gasteiger partial charge in [0.15, 0.2) is 0 Å². The first-order valence-corrected chi connectivity index (χ1v) is 6.16. The van der Waals surface area contributed by atoms with Gasteiger partial charge in [0.05, 0.1) is 0 Å². The van der Waals surface area contributed by atoms with Crippen molar-refractivity contribution in [3.8, 4) is 0 Å². The summed E-state index contributed by atoms with van der Waals surface area (Å²) in [6.45, 7) is 11.7. The SMILES string of the molecule is C=CC(=C)/C(N)=C\C(=C/C)c1ccc(CC)cc1. The van der Waals surface area contributed by atoms with E-state index in [-0.39, 0.29) is 0 Å². The number of hydrogen-bond acceptors (Lipinski definition) is 1. The van der Waals surface area contributed by atoms with Gasteiger partial charge in [-0.05, 0) is 41.7 Å². The lowest BCUT2D eigenvalue weighted by Crippen LogP contribution is -1.99. The second-order valence-electron chi connectivity index (χ2n) is 4.12. The van der Waals surface area contributed by atoms with Crippen molar-refractivity contribution in [1.29, 1.82) is 0 Å². The minimum atomic E-state index is 0.651. The Balaban J connectivity index is 3.04. The van der Waals surface area contributed by atoms with Gasteiger partial charge in [-0.1, -0.05) is 56.5 Å². The molecule has 0 amide bonds. The molecule has 1 aromatic carbocycles. The van der Waals surface area contributed by atoms with Gasteiger partial charge in [-0.25, -0.2) is 0 Å². The van der Waals surface area contributed by atoms with E-state index in [1.807, 2.05) is 19.1 Å². The van der Waals surface area contributed by atoms with E-state index in [0.29, 0.717) is 5.70 Å². The van der Waals surface area contributed by atoms with Crippen LogP contribution < -0.4 is 5.73 Å². The maximum Gasteiger partial charge on any atom is 0.0387 e. The van der Waals surface area contributed by atoms with Crippen molar-refractivity contribution in [3.05, 3.63) is 78.0 Å². The Morgan fingerprint density at radius 2 is 1.89 bits per heavy atom. The molecule has 0 spiro atoms. The van der Waals surface area contributed by atoms with E-state index in [2.05, 4.69) is 44.3 Å². The van der Waals surface area contributed by atoms with Gasteiger partial charge < -0.3 is 5.73 Å². The zero-order valence-corrected chi connectivity index (χ0v) is 11.2. The molecule has 18 heavy (non-hydrogen) atoms. The number of hydrogen-bond donors (Lipinski definition) is 1. The molecule has 0 aliphatic heterocycles. The van der Waals surface area contributed by atoms with E-state index in [1.165, 1.54) is 5.56 Å². The van der Waals surface area contributed by atoms with E-state index < -0.39 is 0 Å². The van der Waals surface area contributed by atoms with E-state index >= 15 is 0 Å². The molecule has 0 saturated carbocycles. The molecule has 94 valence electrons. The number of rotatable bonds is 5. The van der Waals surface area contributed by atoms with E-state index in [9.17, 15) is 0 Å². The number of benzene rings is 1. The number of nitrogens with two attached hydrogens (primary N) is 1. The predicted molar refractivity (Wildman–Crippen MR) is 81.1 cm³/mol. The molecule has 0 aliphatic rings. The minimum Gasteiger partial charge on any atom is -0.398 e. The van der Waals surface area contributed by atoms with Crippen molar-refractivity contribution < 1.29 is 0 Å². The highest BCUT2D eigenvalue weighted by Crippen LogP contribution is 2.19. The second kappa shape index (κ2) is 6.65. The molecular formula is C17H21N. The molecule has 0 atom stereocenters. The largest absolute Gasteiger partial charge is 0.398 e. The van der Waals surface area contributed by atoms with Gasteiger partial charge in [0.2, 0.25) is 0 Å².